The molecule has 0 radical (unpaired) electrons. The Balaban J connectivity index is 2.43. The Morgan fingerprint density at radius 2 is 1.81 bits per heavy atom. The van der Waals surface area contributed by atoms with Crippen molar-refractivity contribution in [1.82, 2.24) is 4.98 Å². The Morgan fingerprint density at radius 1 is 1.05 bits per heavy atom. The maximum absolute atomic E-state index is 5.30. The van der Waals surface area contributed by atoms with Crippen LogP contribution < -0.4 is 10.1 Å². The van der Waals surface area contributed by atoms with Crippen molar-refractivity contribution in [2.75, 3.05) is 12.4 Å². The van der Waals surface area contributed by atoms with E-state index in [1.165, 1.54) is 5.56 Å². The summed E-state index contributed by atoms with van der Waals surface area (Å²) in [4.78, 5) is 4.62. The summed E-state index contributed by atoms with van der Waals surface area (Å²) in [6.45, 7) is 8.64. The first-order valence-corrected chi connectivity index (χ1v) is 7.42. The Bertz CT molecular complexity index is 606. The first-order valence-electron chi connectivity index (χ1n) is 7.42. The molecule has 0 amide bonds. The minimum atomic E-state index is 0.373. The summed E-state index contributed by atoms with van der Waals surface area (Å²) in [6.07, 6.45) is 1.92. The lowest BCUT2D eigenvalue weighted by molar-refractivity contribution is 0.415. The molecule has 0 bridgehead atoms. The largest absolute Gasteiger partial charge is 0.497 e. The fourth-order valence-corrected chi connectivity index (χ4v) is 2.28. The topological polar surface area (TPSA) is 34.1 Å². The third-order valence-corrected chi connectivity index (χ3v) is 3.37. The van der Waals surface area contributed by atoms with E-state index in [4.69, 9.17) is 4.74 Å². The van der Waals surface area contributed by atoms with Crippen LogP contribution in [0.3, 0.4) is 0 Å². The van der Waals surface area contributed by atoms with Crippen LogP contribution in [0.4, 0.5) is 5.82 Å². The zero-order valence-electron chi connectivity index (χ0n) is 13.5. The van der Waals surface area contributed by atoms with Gasteiger partial charge in [-0.2, -0.15) is 0 Å². The highest BCUT2D eigenvalue weighted by molar-refractivity contribution is 5.67. The molecular formula is C18H24N2O. The number of aromatic nitrogens is 1. The minimum Gasteiger partial charge on any atom is -0.497 e. The highest BCUT2D eigenvalue weighted by Crippen LogP contribution is 2.30. The van der Waals surface area contributed by atoms with Crippen LogP contribution in [0.5, 0.6) is 5.75 Å². The van der Waals surface area contributed by atoms with E-state index in [2.05, 4.69) is 50.1 Å². The van der Waals surface area contributed by atoms with Crippen molar-refractivity contribution in [3.63, 3.8) is 0 Å². The highest BCUT2D eigenvalue weighted by Gasteiger charge is 2.11. The number of ether oxygens (including phenoxy) is 1. The van der Waals surface area contributed by atoms with Crippen LogP contribution in [0.25, 0.3) is 11.1 Å². The smallest absolute Gasteiger partial charge is 0.129 e. The van der Waals surface area contributed by atoms with Gasteiger partial charge in [-0.15, -0.1) is 0 Å². The molecular weight excluding hydrogens is 260 g/mol. The van der Waals surface area contributed by atoms with E-state index >= 15 is 0 Å². The second-order valence-electron chi connectivity index (χ2n) is 5.85. The van der Waals surface area contributed by atoms with Crippen LogP contribution in [0, 0.1) is 0 Å². The van der Waals surface area contributed by atoms with E-state index in [1.54, 1.807) is 7.11 Å². The van der Waals surface area contributed by atoms with Gasteiger partial charge in [-0.1, -0.05) is 26.0 Å². The average molecular weight is 284 g/mol. The quantitative estimate of drug-likeness (QED) is 0.864. The van der Waals surface area contributed by atoms with Gasteiger partial charge >= 0.3 is 0 Å². The van der Waals surface area contributed by atoms with Crippen LogP contribution in [0.15, 0.2) is 36.5 Å². The Hall–Kier alpha value is -2.03. The molecule has 3 heteroatoms. The lowest BCUT2D eigenvalue weighted by Gasteiger charge is -2.17. The predicted octanol–water partition coefficient (Wildman–Crippen LogP) is 4.70. The molecule has 0 saturated carbocycles. The zero-order valence-corrected chi connectivity index (χ0v) is 13.5. The summed E-state index contributed by atoms with van der Waals surface area (Å²) in [7, 11) is 1.69. The Kier molecular flexibility index (Phi) is 4.84. The van der Waals surface area contributed by atoms with Crippen molar-refractivity contribution in [2.45, 2.75) is 39.7 Å². The van der Waals surface area contributed by atoms with Crippen molar-refractivity contribution in [3.05, 3.63) is 42.1 Å². The molecule has 2 rings (SSSR count). The second kappa shape index (κ2) is 6.61. The normalized spacial score (nSPS) is 11.0. The number of hydrogen-bond donors (Lipinski definition) is 1. The van der Waals surface area contributed by atoms with Crippen molar-refractivity contribution in [2.24, 2.45) is 0 Å². The third-order valence-electron chi connectivity index (χ3n) is 3.37. The number of hydrogen-bond acceptors (Lipinski definition) is 3. The van der Waals surface area contributed by atoms with Gasteiger partial charge in [-0.05, 0) is 49.1 Å². The molecule has 1 N–H and O–H groups in total. The fourth-order valence-electron chi connectivity index (χ4n) is 2.28. The summed E-state index contributed by atoms with van der Waals surface area (Å²) in [5.41, 5.74) is 3.48. The van der Waals surface area contributed by atoms with E-state index < -0.39 is 0 Å². The van der Waals surface area contributed by atoms with E-state index in [0.717, 1.165) is 22.7 Å². The van der Waals surface area contributed by atoms with Gasteiger partial charge in [0, 0.05) is 17.8 Å². The van der Waals surface area contributed by atoms with E-state index in [-0.39, 0.29) is 0 Å². The van der Waals surface area contributed by atoms with Gasteiger partial charge in [-0.25, -0.2) is 4.98 Å². The first-order chi connectivity index (χ1) is 10.0. The Labute approximate surface area is 127 Å². The number of nitrogens with zero attached hydrogens (tertiary/aromatic N) is 1. The van der Waals surface area contributed by atoms with Gasteiger partial charge in [0.15, 0.2) is 0 Å². The van der Waals surface area contributed by atoms with Gasteiger partial charge in [0.1, 0.15) is 11.6 Å². The first kappa shape index (κ1) is 15.4. The maximum atomic E-state index is 5.30. The average Bonchev–Trinajstić information content (AvgIpc) is 2.47. The number of rotatable bonds is 5. The van der Waals surface area contributed by atoms with Gasteiger partial charge in [0.05, 0.1) is 7.11 Å². The number of benzene rings is 1. The summed E-state index contributed by atoms with van der Waals surface area (Å²) >= 11 is 0. The number of methoxy groups -OCH3 is 1. The molecule has 0 spiro atoms. The molecule has 1 aromatic carbocycles. The van der Waals surface area contributed by atoms with Gasteiger partial charge in [-0.3, -0.25) is 0 Å². The van der Waals surface area contributed by atoms with Crippen molar-refractivity contribution in [1.29, 1.82) is 0 Å². The van der Waals surface area contributed by atoms with Crippen LogP contribution in [0.1, 0.15) is 39.2 Å². The third kappa shape index (κ3) is 3.75. The molecule has 0 aliphatic heterocycles. The van der Waals surface area contributed by atoms with E-state index in [1.807, 2.05) is 24.4 Å². The number of nitrogens with one attached hydrogen (secondary N) is 1. The maximum Gasteiger partial charge on any atom is 0.129 e. The minimum absolute atomic E-state index is 0.373. The molecule has 3 nitrogen and oxygen atoms in total. The molecule has 1 aromatic heterocycles. The molecule has 21 heavy (non-hydrogen) atoms. The molecule has 0 saturated heterocycles. The lowest BCUT2D eigenvalue weighted by atomic mass is 9.99. The number of anilines is 1. The van der Waals surface area contributed by atoms with Crippen LogP contribution in [-0.2, 0) is 0 Å². The van der Waals surface area contributed by atoms with Crippen LogP contribution in [-0.4, -0.2) is 18.1 Å². The van der Waals surface area contributed by atoms with Crippen LogP contribution in [0.2, 0.25) is 0 Å². The summed E-state index contributed by atoms with van der Waals surface area (Å²) < 4.78 is 5.30. The SMILES string of the molecule is COc1cccc(-c2cnc(NC(C)C)c(C(C)C)c2)c1. The molecule has 2 aromatic rings. The zero-order chi connectivity index (χ0) is 15.4. The molecule has 112 valence electrons. The summed E-state index contributed by atoms with van der Waals surface area (Å²) in [6, 6.07) is 10.7. The molecule has 0 aliphatic rings. The molecule has 1 heterocycles. The van der Waals surface area contributed by atoms with Gasteiger partial charge in [0.25, 0.3) is 0 Å². The van der Waals surface area contributed by atoms with Gasteiger partial charge < -0.3 is 10.1 Å². The van der Waals surface area contributed by atoms with Crippen molar-refractivity contribution in [3.8, 4) is 16.9 Å². The predicted molar refractivity (Wildman–Crippen MR) is 89.1 cm³/mol. The van der Waals surface area contributed by atoms with Crippen LogP contribution >= 0.6 is 0 Å². The molecule has 0 unspecified atom stereocenters. The standard InChI is InChI=1S/C18H24N2O/c1-12(2)17-10-15(11-19-18(17)20-13(3)4)14-7-6-8-16(9-14)21-5/h6-13H,1-5H3,(H,19,20). The highest BCUT2D eigenvalue weighted by atomic mass is 16.5. The molecule has 0 fully saturated rings. The lowest BCUT2D eigenvalue weighted by Crippen LogP contribution is -2.13. The summed E-state index contributed by atoms with van der Waals surface area (Å²) in [5.74, 6) is 2.26. The monoisotopic (exact) mass is 284 g/mol. The van der Waals surface area contributed by atoms with Gasteiger partial charge in [0.2, 0.25) is 0 Å². The van der Waals surface area contributed by atoms with Crippen molar-refractivity contribution >= 4 is 5.82 Å². The number of pyridine rings is 1. The molecule has 0 aliphatic carbocycles. The van der Waals surface area contributed by atoms with Crippen molar-refractivity contribution < 1.29 is 4.74 Å². The van der Waals surface area contributed by atoms with E-state index in [0.29, 0.717) is 12.0 Å². The second-order valence-corrected chi connectivity index (χ2v) is 5.85. The summed E-state index contributed by atoms with van der Waals surface area (Å²) in [5, 5.41) is 3.42. The molecule has 0 atom stereocenters. The van der Waals surface area contributed by atoms with E-state index in [9.17, 15) is 0 Å². The Morgan fingerprint density at radius 3 is 2.43 bits per heavy atom. The fraction of sp³-hybridized carbons (Fsp3) is 0.389.